The SMILES string of the molecule is O=[C]n1c(=O)[nH]c2ccccc21. The quantitative estimate of drug-likeness (QED) is 0.651. The van der Waals surface area contributed by atoms with Gasteiger partial charge in [-0.2, -0.15) is 0 Å². The molecule has 4 heteroatoms. The van der Waals surface area contributed by atoms with Crippen molar-refractivity contribution in [2.75, 3.05) is 0 Å². The fourth-order valence-electron chi connectivity index (χ4n) is 1.15. The maximum absolute atomic E-state index is 11.0. The molecule has 2 rings (SSSR count). The van der Waals surface area contributed by atoms with E-state index in [1.54, 1.807) is 30.7 Å². The van der Waals surface area contributed by atoms with E-state index >= 15 is 0 Å². The van der Waals surface area contributed by atoms with Gasteiger partial charge in [-0.3, -0.25) is 4.79 Å². The van der Waals surface area contributed by atoms with E-state index in [1.165, 1.54) is 0 Å². The highest BCUT2D eigenvalue weighted by Gasteiger charge is 2.03. The lowest BCUT2D eigenvalue weighted by Gasteiger charge is -1.87. The molecule has 0 aliphatic rings. The van der Waals surface area contributed by atoms with Crippen LogP contribution in [0.2, 0.25) is 0 Å². The Morgan fingerprint density at radius 2 is 2.08 bits per heavy atom. The van der Waals surface area contributed by atoms with E-state index in [4.69, 9.17) is 0 Å². The number of nitrogens with one attached hydrogen (secondary N) is 1. The molecule has 0 spiro atoms. The molecule has 2 aromatic rings. The molecule has 0 saturated heterocycles. The van der Waals surface area contributed by atoms with Gasteiger partial charge in [0, 0.05) is 0 Å². The Labute approximate surface area is 67.4 Å². The second-order valence-electron chi connectivity index (χ2n) is 2.37. The van der Waals surface area contributed by atoms with Gasteiger partial charge < -0.3 is 4.98 Å². The first-order chi connectivity index (χ1) is 5.83. The second-order valence-corrected chi connectivity index (χ2v) is 2.37. The van der Waals surface area contributed by atoms with E-state index in [0.717, 1.165) is 4.57 Å². The molecule has 0 aliphatic heterocycles. The van der Waals surface area contributed by atoms with Gasteiger partial charge in [-0.25, -0.2) is 9.36 Å². The monoisotopic (exact) mass is 161 g/mol. The molecule has 0 aliphatic carbocycles. The third-order valence-electron chi connectivity index (χ3n) is 1.68. The zero-order valence-electron chi connectivity index (χ0n) is 6.07. The zero-order chi connectivity index (χ0) is 8.55. The van der Waals surface area contributed by atoms with Crippen LogP contribution in [-0.2, 0) is 4.79 Å². The number of fused-ring (bicyclic) bond motifs is 1. The van der Waals surface area contributed by atoms with Crippen molar-refractivity contribution in [1.29, 1.82) is 0 Å². The molecule has 1 heterocycles. The summed E-state index contributed by atoms with van der Waals surface area (Å²) in [5.74, 6) is 0. The van der Waals surface area contributed by atoms with Gasteiger partial charge in [0.05, 0.1) is 11.0 Å². The van der Waals surface area contributed by atoms with Crippen molar-refractivity contribution in [3.63, 3.8) is 0 Å². The summed E-state index contributed by atoms with van der Waals surface area (Å²) in [6, 6.07) is 6.94. The highest BCUT2D eigenvalue weighted by molar-refractivity contribution is 5.81. The summed E-state index contributed by atoms with van der Waals surface area (Å²) >= 11 is 0. The van der Waals surface area contributed by atoms with E-state index in [2.05, 4.69) is 4.98 Å². The molecular weight excluding hydrogens is 156 g/mol. The molecular formula is C8H5N2O2. The van der Waals surface area contributed by atoms with Crippen LogP contribution in [0.15, 0.2) is 29.1 Å². The van der Waals surface area contributed by atoms with Gasteiger partial charge in [-0.05, 0) is 12.1 Å². The molecule has 1 aromatic carbocycles. The first kappa shape index (κ1) is 6.84. The summed E-state index contributed by atoms with van der Waals surface area (Å²) in [5, 5.41) is 0. The Morgan fingerprint density at radius 3 is 2.83 bits per heavy atom. The number of aromatic nitrogens is 2. The number of benzene rings is 1. The number of para-hydroxylation sites is 2. The molecule has 0 saturated carbocycles. The summed E-state index contributed by atoms with van der Waals surface area (Å²) < 4.78 is 0.912. The maximum Gasteiger partial charge on any atom is 0.333 e. The van der Waals surface area contributed by atoms with Gasteiger partial charge in [0.2, 0.25) is 0 Å². The molecule has 0 atom stereocenters. The van der Waals surface area contributed by atoms with Crippen LogP contribution in [0, 0.1) is 0 Å². The number of H-pyrrole nitrogens is 1. The van der Waals surface area contributed by atoms with Gasteiger partial charge in [0.1, 0.15) is 0 Å². The fourth-order valence-corrected chi connectivity index (χ4v) is 1.15. The van der Waals surface area contributed by atoms with Gasteiger partial charge in [-0.1, -0.05) is 12.1 Å². The molecule has 1 aromatic heterocycles. The van der Waals surface area contributed by atoms with E-state index in [1.807, 2.05) is 0 Å². The minimum Gasteiger partial charge on any atom is -0.305 e. The molecule has 59 valence electrons. The van der Waals surface area contributed by atoms with Gasteiger partial charge >= 0.3 is 12.1 Å². The summed E-state index contributed by atoms with van der Waals surface area (Å²) in [5.41, 5.74) is 0.745. The van der Waals surface area contributed by atoms with Gasteiger partial charge in [0.25, 0.3) is 0 Å². The molecule has 0 fully saturated rings. The van der Waals surface area contributed by atoms with Crippen molar-refractivity contribution in [3.05, 3.63) is 34.7 Å². The third-order valence-corrected chi connectivity index (χ3v) is 1.68. The highest BCUT2D eigenvalue weighted by atomic mass is 16.2. The van der Waals surface area contributed by atoms with Crippen LogP contribution < -0.4 is 5.69 Å². The normalized spacial score (nSPS) is 10.3. The predicted molar refractivity (Wildman–Crippen MR) is 43.7 cm³/mol. The van der Waals surface area contributed by atoms with Gasteiger partial charge in [-0.15, -0.1) is 0 Å². The molecule has 1 N–H and O–H groups in total. The van der Waals surface area contributed by atoms with Crippen LogP contribution in [0.5, 0.6) is 0 Å². The van der Waals surface area contributed by atoms with Crippen LogP contribution in [0.25, 0.3) is 11.0 Å². The van der Waals surface area contributed by atoms with Crippen molar-refractivity contribution in [2.24, 2.45) is 0 Å². The predicted octanol–water partition coefficient (Wildman–Crippen LogP) is 0.245. The molecule has 0 amide bonds. The van der Waals surface area contributed by atoms with Crippen LogP contribution in [0.1, 0.15) is 0 Å². The average molecular weight is 161 g/mol. The van der Waals surface area contributed by atoms with Crippen LogP contribution in [-0.4, -0.2) is 16.0 Å². The summed E-state index contributed by atoms with van der Waals surface area (Å²) in [6.07, 6.45) is 1.54. The van der Waals surface area contributed by atoms with Crippen molar-refractivity contribution < 1.29 is 4.79 Å². The van der Waals surface area contributed by atoms with E-state index in [0.29, 0.717) is 11.0 Å². The molecule has 1 radical (unpaired) electrons. The number of carbonyl (C=O) groups excluding carboxylic acids is 1. The van der Waals surface area contributed by atoms with Gasteiger partial charge in [0.15, 0.2) is 0 Å². The summed E-state index contributed by atoms with van der Waals surface area (Å²) in [6.45, 7) is 0. The minimum atomic E-state index is -0.453. The largest absolute Gasteiger partial charge is 0.333 e. The summed E-state index contributed by atoms with van der Waals surface area (Å²) in [4.78, 5) is 23.9. The first-order valence-corrected chi connectivity index (χ1v) is 3.41. The minimum absolute atomic E-state index is 0.453. The lowest BCUT2D eigenvalue weighted by molar-refractivity contribution is 0.547. The number of rotatable bonds is 1. The van der Waals surface area contributed by atoms with Crippen molar-refractivity contribution in [3.8, 4) is 0 Å². The number of aromatic amines is 1. The standard InChI is InChI=1S/C8H5N2O2/c11-5-10-7-4-2-1-3-6(7)9-8(10)12/h1-4H,(H,9,12). The Morgan fingerprint density at radius 1 is 1.33 bits per heavy atom. The van der Waals surface area contributed by atoms with Crippen molar-refractivity contribution in [1.82, 2.24) is 9.55 Å². The lowest BCUT2D eigenvalue weighted by atomic mass is 10.3. The topological polar surface area (TPSA) is 54.9 Å². The Balaban J connectivity index is 3.00. The Hall–Kier alpha value is -1.84. The maximum atomic E-state index is 11.0. The smallest absolute Gasteiger partial charge is 0.305 e. The van der Waals surface area contributed by atoms with Crippen LogP contribution in [0.4, 0.5) is 0 Å². The van der Waals surface area contributed by atoms with E-state index in [9.17, 15) is 9.59 Å². The highest BCUT2D eigenvalue weighted by Crippen LogP contribution is 2.06. The van der Waals surface area contributed by atoms with Crippen LogP contribution >= 0.6 is 0 Å². The third kappa shape index (κ3) is 0.780. The first-order valence-electron chi connectivity index (χ1n) is 3.41. The van der Waals surface area contributed by atoms with E-state index < -0.39 is 5.69 Å². The average Bonchev–Trinajstić information content (AvgIpc) is 2.40. The van der Waals surface area contributed by atoms with E-state index in [-0.39, 0.29) is 0 Å². The van der Waals surface area contributed by atoms with Crippen molar-refractivity contribution in [2.45, 2.75) is 0 Å². The fraction of sp³-hybridized carbons (Fsp3) is 0. The van der Waals surface area contributed by atoms with Crippen molar-refractivity contribution >= 4 is 17.4 Å². The molecule has 0 bridgehead atoms. The molecule has 0 unspecified atom stereocenters. The number of hydrogen-bond donors (Lipinski definition) is 1. The number of hydrogen-bond acceptors (Lipinski definition) is 2. The Bertz CT molecular complexity index is 481. The number of imidazole rings is 1. The molecule has 4 nitrogen and oxygen atoms in total. The van der Waals surface area contributed by atoms with Crippen LogP contribution in [0.3, 0.4) is 0 Å². The lowest BCUT2D eigenvalue weighted by Crippen LogP contribution is -2.15. The number of nitrogens with zero attached hydrogens (tertiary/aromatic N) is 1. The summed E-state index contributed by atoms with van der Waals surface area (Å²) in [7, 11) is 0. The molecule has 12 heavy (non-hydrogen) atoms. The zero-order valence-corrected chi connectivity index (χ0v) is 6.07. The second kappa shape index (κ2) is 2.34. The Kier molecular flexibility index (Phi) is 1.33.